The molecule has 1 heterocycles. The van der Waals surface area contributed by atoms with Crippen molar-refractivity contribution in [1.82, 2.24) is 4.90 Å². The van der Waals surface area contributed by atoms with E-state index in [1.807, 2.05) is 0 Å². The monoisotopic (exact) mass is 255 g/mol. The minimum atomic E-state index is -0.986. The fourth-order valence-corrected chi connectivity index (χ4v) is 2.58. The Bertz CT molecular complexity index is 303. The second-order valence-electron chi connectivity index (χ2n) is 5.39. The lowest BCUT2D eigenvalue weighted by molar-refractivity contribution is -0.161. The molecule has 4 heteroatoms. The molecule has 1 fully saturated rings. The van der Waals surface area contributed by atoms with Gasteiger partial charge in [-0.2, -0.15) is 0 Å². The fraction of sp³-hybridized carbons (Fsp3) is 0.857. The van der Waals surface area contributed by atoms with E-state index in [9.17, 15) is 14.7 Å². The van der Waals surface area contributed by atoms with E-state index in [0.717, 1.165) is 38.5 Å². The minimum Gasteiger partial charge on any atom is -0.480 e. The van der Waals surface area contributed by atoms with Crippen molar-refractivity contribution in [3.63, 3.8) is 0 Å². The number of carboxylic acid groups (broad SMARTS) is 1. The third kappa shape index (κ3) is 3.47. The van der Waals surface area contributed by atoms with Gasteiger partial charge in [0.05, 0.1) is 0 Å². The molecule has 18 heavy (non-hydrogen) atoms. The summed E-state index contributed by atoms with van der Waals surface area (Å²) in [5, 5.41) is 9.33. The van der Waals surface area contributed by atoms with Crippen LogP contribution in [0.5, 0.6) is 0 Å². The molecule has 104 valence electrons. The van der Waals surface area contributed by atoms with Crippen LogP contribution < -0.4 is 0 Å². The van der Waals surface area contributed by atoms with Crippen LogP contribution in [0.15, 0.2) is 0 Å². The van der Waals surface area contributed by atoms with Gasteiger partial charge in [-0.15, -0.1) is 0 Å². The highest BCUT2D eigenvalue weighted by Crippen LogP contribution is 2.29. The molecule has 1 N–H and O–H groups in total. The smallest absolute Gasteiger partial charge is 0.329 e. The molecule has 0 spiro atoms. The van der Waals surface area contributed by atoms with Crippen LogP contribution in [0.25, 0.3) is 0 Å². The topological polar surface area (TPSA) is 57.6 Å². The molecule has 1 rings (SSSR count). The third-order valence-corrected chi connectivity index (χ3v) is 3.90. The van der Waals surface area contributed by atoms with Gasteiger partial charge in [0, 0.05) is 13.0 Å². The standard InChI is InChI=1S/C14H25NO3/c1-3-4-5-6-9-12(16)15-11-8-7-10-14(15,2)13(17)18/h3-11H2,1-2H3,(H,17,18). The van der Waals surface area contributed by atoms with E-state index in [-0.39, 0.29) is 5.91 Å². The van der Waals surface area contributed by atoms with Crippen molar-refractivity contribution in [2.75, 3.05) is 6.54 Å². The first-order valence-electron chi connectivity index (χ1n) is 7.06. The van der Waals surface area contributed by atoms with Gasteiger partial charge in [0.1, 0.15) is 5.54 Å². The number of aliphatic carboxylic acids is 1. The number of carboxylic acids is 1. The molecule has 0 aromatic carbocycles. The van der Waals surface area contributed by atoms with E-state index in [0.29, 0.717) is 19.4 Å². The number of amides is 1. The lowest BCUT2D eigenvalue weighted by Crippen LogP contribution is -2.57. The first kappa shape index (κ1) is 15.0. The van der Waals surface area contributed by atoms with E-state index >= 15 is 0 Å². The number of nitrogens with zero attached hydrogens (tertiary/aromatic N) is 1. The summed E-state index contributed by atoms with van der Waals surface area (Å²) in [7, 11) is 0. The molecule has 1 amide bonds. The molecule has 1 aliphatic heterocycles. The summed E-state index contributed by atoms with van der Waals surface area (Å²) in [6.45, 7) is 4.40. The Morgan fingerprint density at radius 3 is 2.56 bits per heavy atom. The van der Waals surface area contributed by atoms with Gasteiger partial charge in [0.15, 0.2) is 0 Å². The maximum Gasteiger partial charge on any atom is 0.329 e. The first-order chi connectivity index (χ1) is 8.52. The van der Waals surface area contributed by atoms with Crippen LogP contribution >= 0.6 is 0 Å². The fourth-order valence-electron chi connectivity index (χ4n) is 2.58. The molecule has 1 atom stereocenters. The second kappa shape index (κ2) is 6.76. The Kier molecular flexibility index (Phi) is 5.63. The first-order valence-corrected chi connectivity index (χ1v) is 7.06. The number of hydrogen-bond donors (Lipinski definition) is 1. The largest absolute Gasteiger partial charge is 0.480 e. The number of hydrogen-bond acceptors (Lipinski definition) is 2. The van der Waals surface area contributed by atoms with Crippen molar-refractivity contribution < 1.29 is 14.7 Å². The Morgan fingerprint density at radius 2 is 1.94 bits per heavy atom. The van der Waals surface area contributed by atoms with Crippen molar-refractivity contribution in [3.8, 4) is 0 Å². The van der Waals surface area contributed by atoms with Crippen LogP contribution in [0.2, 0.25) is 0 Å². The molecule has 1 aliphatic rings. The number of carbonyl (C=O) groups is 2. The van der Waals surface area contributed by atoms with Crippen LogP contribution in [0.1, 0.15) is 65.2 Å². The number of piperidine rings is 1. The Balaban J connectivity index is 2.55. The Morgan fingerprint density at radius 1 is 1.22 bits per heavy atom. The molecule has 0 bridgehead atoms. The number of unbranched alkanes of at least 4 members (excludes halogenated alkanes) is 3. The highest BCUT2D eigenvalue weighted by atomic mass is 16.4. The van der Waals surface area contributed by atoms with E-state index < -0.39 is 11.5 Å². The molecule has 0 saturated carbocycles. The molecule has 0 aromatic heterocycles. The average Bonchev–Trinajstić information content (AvgIpc) is 2.34. The van der Waals surface area contributed by atoms with Gasteiger partial charge >= 0.3 is 5.97 Å². The number of carbonyl (C=O) groups excluding carboxylic acids is 1. The Hall–Kier alpha value is -1.06. The molecular formula is C14H25NO3. The lowest BCUT2D eigenvalue weighted by Gasteiger charge is -2.41. The summed E-state index contributed by atoms with van der Waals surface area (Å²) < 4.78 is 0. The minimum absolute atomic E-state index is 0.00991. The average molecular weight is 255 g/mol. The van der Waals surface area contributed by atoms with Gasteiger partial charge in [-0.25, -0.2) is 4.79 Å². The zero-order chi connectivity index (χ0) is 13.6. The van der Waals surface area contributed by atoms with E-state index in [1.165, 1.54) is 0 Å². The molecule has 0 aliphatic carbocycles. The van der Waals surface area contributed by atoms with E-state index in [4.69, 9.17) is 0 Å². The molecule has 1 unspecified atom stereocenters. The van der Waals surface area contributed by atoms with Crippen LogP contribution in [-0.2, 0) is 9.59 Å². The van der Waals surface area contributed by atoms with Crippen molar-refractivity contribution in [3.05, 3.63) is 0 Å². The van der Waals surface area contributed by atoms with Gasteiger partial charge in [0.2, 0.25) is 5.91 Å². The van der Waals surface area contributed by atoms with Crippen LogP contribution in [0.3, 0.4) is 0 Å². The van der Waals surface area contributed by atoms with Gasteiger partial charge in [0.25, 0.3) is 0 Å². The van der Waals surface area contributed by atoms with E-state index in [1.54, 1.807) is 11.8 Å². The SMILES string of the molecule is CCCCCCC(=O)N1CCCCC1(C)C(=O)O. The summed E-state index contributed by atoms with van der Waals surface area (Å²) in [4.78, 5) is 25.1. The zero-order valence-electron chi connectivity index (χ0n) is 11.6. The normalized spacial score (nSPS) is 24.0. The second-order valence-corrected chi connectivity index (χ2v) is 5.39. The summed E-state index contributed by atoms with van der Waals surface area (Å²) in [5.41, 5.74) is -0.986. The number of likely N-dealkylation sites (tertiary alicyclic amines) is 1. The summed E-state index contributed by atoms with van der Waals surface area (Å²) >= 11 is 0. The maximum absolute atomic E-state index is 12.1. The van der Waals surface area contributed by atoms with Crippen LogP contribution in [0, 0.1) is 0 Å². The molecule has 1 saturated heterocycles. The molecular weight excluding hydrogens is 230 g/mol. The summed E-state index contributed by atoms with van der Waals surface area (Å²) in [6, 6.07) is 0. The Labute approximate surface area is 109 Å². The van der Waals surface area contributed by atoms with Crippen molar-refractivity contribution in [1.29, 1.82) is 0 Å². The van der Waals surface area contributed by atoms with Crippen molar-refractivity contribution in [2.45, 2.75) is 70.8 Å². The zero-order valence-corrected chi connectivity index (χ0v) is 11.6. The highest BCUT2D eigenvalue weighted by Gasteiger charge is 2.43. The van der Waals surface area contributed by atoms with Gasteiger partial charge in [-0.3, -0.25) is 4.79 Å². The van der Waals surface area contributed by atoms with Crippen molar-refractivity contribution >= 4 is 11.9 Å². The maximum atomic E-state index is 12.1. The molecule has 4 nitrogen and oxygen atoms in total. The van der Waals surface area contributed by atoms with Crippen LogP contribution in [0.4, 0.5) is 0 Å². The van der Waals surface area contributed by atoms with Gasteiger partial charge in [-0.1, -0.05) is 26.2 Å². The van der Waals surface area contributed by atoms with Crippen molar-refractivity contribution in [2.24, 2.45) is 0 Å². The quantitative estimate of drug-likeness (QED) is 0.742. The lowest BCUT2D eigenvalue weighted by atomic mass is 9.88. The predicted molar refractivity (Wildman–Crippen MR) is 70.4 cm³/mol. The number of rotatable bonds is 6. The summed E-state index contributed by atoms with van der Waals surface area (Å²) in [6.07, 6.45) is 7.09. The summed E-state index contributed by atoms with van der Waals surface area (Å²) in [5.74, 6) is -0.861. The highest BCUT2D eigenvalue weighted by molar-refractivity contribution is 5.87. The molecule has 0 aromatic rings. The third-order valence-electron chi connectivity index (χ3n) is 3.90. The van der Waals surface area contributed by atoms with Gasteiger partial charge in [-0.05, 0) is 32.6 Å². The molecule has 0 radical (unpaired) electrons. The van der Waals surface area contributed by atoms with Crippen LogP contribution in [-0.4, -0.2) is 34.0 Å². The predicted octanol–water partition coefficient (Wildman–Crippen LogP) is 2.81. The van der Waals surface area contributed by atoms with Gasteiger partial charge < -0.3 is 10.0 Å². The van der Waals surface area contributed by atoms with E-state index in [2.05, 4.69) is 6.92 Å².